The average molecular weight is 386 g/mol. The maximum atomic E-state index is 2.62. The van der Waals surface area contributed by atoms with Gasteiger partial charge in [0, 0.05) is 0 Å². The predicted octanol–water partition coefficient (Wildman–Crippen LogP) is 6.26. The topological polar surface area (TPSA) is 0 Å². The molecule has 0 aromatic heterocycles. The van der Waals surface area contributed by atoms with Gasteiger partial charge >= 0.3 is 163 Å². The zero-order chi connectivity index (χ0) is 18.7. The Balaban J connectivity index is 1.77. The quantitative estimate of drug-likeness (QED) is 0.357. The molecule has 1 atom stereocenters. The van der Waals surface area contributed by atoms with Crippen LogP contribution in [0.4, 0.5) is 0 Å². The molecule has 0 saturated carbocycles. The summed E-state index contributed by atoms with van der Waals surface area (Å²) in [6, 6.07) is 25.0. The van der Waals surface area contributed by atoms with Crippen LogP contribution in [-0.2, 0) is 21.3 Å². The summed E-state index contributed by atoms with van der Waals surface area (Å²) in [7, 11) is 0. The fourth-order valence-electron chi connectivity index (χ4n) is 5.42. The van der Waals surface area contributed by atoms with Crippen LogP contribution in [0.15, 0.2) is 72.8 Å². The van der Waals surface area contributed by atoms with Crippen molar-refractivity contribution < 1.29 is 14.8 Å². The van der Waals surface area contributed by atoms with Crippen molar-refractivity contribution >= 4 is 14.3 Å². The van der Waals surface area contributed by atoms with Gasteiger partial charge in [-0.05, 0) is 0 Å². The van der Waals surface area contributed by atoms with Gasteiger partial charge in [-0.3, -0.25) is 0 Å². The number of fused-ring (bicyclic) bond motifs is 4. The molecule has 1 unspecified atom stereocenters. The summed E-state index contributed by atoms with van der Waals surface area (Å²) in [6.45, 7) is 2.31. The van der Waals surface area contributed by atoms with Crippen LogP contribution in [-0.4, -0.2) is 4.31 Å². The maximum absolute atomic E-state index is 3.18. The summed E-state index contributed by atoms with van der Waals surface area (Å²) >= 11 is -3.18. The van der Waals surface area contributed by atoms with E-state index in [1.165, 1.54) is 27.8 Å². The second-order valence-corrected chi connectivity index (χ2v) is 19.9. The van der Waals surface area contributed by atoms with Gasteiger partial charge in [-0.1, -0.05) is 0 Å². The van der Waals surface area contributed by atoms with Crippen LogP contribution in [0, 0.1) is 0 Å². The standard InChI is InChI=1S/C13H9.C9H7.C2H4.2CH3.Ti/c1-3-7-12-10(5-1)9-11-6-2-4-8-13(11)12;1-2-5-9-7-3-6-8(9)4-1;1-2;;;/h1-5,7-8H,9H2;1-7H;1H,2H3;2*1H3;. The first kappa shape index (κ1) is 17.1. The van der Waals surface area contributed by atoms with Gasteiger partial charge in [0.1, 0.15) is 0 Å². The van der Waals surface area contributed by atoms with E-state index in [4.69, 9.17) is 0 Å². The molecule has 0 fully saturated rings. The zero-order valence-corrected chi connectivity index (χ0v) is 17.9. The Morgan fingerprint density at radius 3 is 2.44 bits per heavy atom. The summed E-state index contributed by atoms with van der Waals surface area (Å²) in [5.41, 5.74) is 8.87. The predicted molar refractivity (Wildman–Crippen MR) is 116 cm³/mol. The van der Waals surface area contributed by atoms with E-state index >= 15 is 0 Å². The fraction of sp³-hybridized carbons (Fsp3) is 0.192. The van der Waals surface area contributed by atoms with Gasteiger partial charge in [0.05, 0.1) is 0 Å². The van der Waals surface area contributed by atoms with Crippen molar-refractivity contribution in [3.05, 3.63) is 95.1 Å². The molecule has 2 aliphatic rings. The molecule has 134 valence electrons. The van der Waals surface area contributed by atoms with Gasteiger partial charge in [-0.25, -0.2) is 0 Å². The summed E-state index contributed by atoms with van der Waals surface area (Å²) in [5.74, 6) is 0. The van der Waals surface area contributed by atoms with Crippen molar-refractivity contribution in [2.75, 3.05) is 0 Å². The van der Waals surface area contributed by atoms with Crippen LogP contribution in [0.25, 0.3) is 17.2 Å². The fourth-order valence-corrected chi connectivity index (χ4v) is 12.8. The number of rotatable bonds is 2. The number of benzene rings is 3. The number of hydrogen-bond acceptors (Lipinski definition) is 0. The van der Waals surface area contributed by atoms with Crippen LogP contribution in [0.3, 0.4) is 0 Å². The van der Waals surface area contributed by atoms with Crippen molar-refractivity contribution in [2.24, 2.45) is 0 Å². The molecule has 3 aromatic rings. The molecule has 1 heteroatoms. The van der Waals surface area contributed by atoms with E-state index in [9.17, 15) is 0 Å². The molecular weight excluding hydrogens is 360 g/mol. The van der Waals surface area contributed by atoms with Crippen LogP contribution < -0.4 is 3.87 Å². The molecule has 27 heavy (non-hydrogen) atoms. The van der Waals surface area contributed by atoms with Gasteiger partial charge in [0.2, 0.25) is 0 Å². The Hall–Kier alpha value is -2.02. The Morgan fingerprint density at radius 2 is 1.59 bits per heavy atom. The normalized spacial score (nSPS) is 17.4. The molecule has 0 saturated heterocycles. The average Bonchev–Trinajstić information content (AvgIpc) is 3.30. The summed E-state index contributed by atoms with van der Waals surface area (Å²) in [5, 5.41) is 5.24. The van der Waals surface area contributed by atoms with Crippen molar-refractivity contribution in [3.8, 4) is 11.1 Å². The van der Waals surface area contributed by atoms with Gasteiger partial charge in [0.15, 0.2) is 0 Å². The summed E-state index contributed by atoms with van der Waals surface area (Å²) < 4.78 is 4.79. The van der Waals surface area contributed by atoms with E-state index in [0.717, 1.165) is 6.42 Å². The minimum atomic E-state index is -3.18. The van der Waals surface area contributed by atoms with Crippen LogP contribution in [0.5, 0.6) is 0 Å². The molecule has 0 N–H and O–H groups in total. The number of hydrogen-bond donors (Lipinski definition) is 0. The van der Waals surface area contributed by atoms with Crippen molar-refractivity contribution in [1.29, 1.82) is 0 Å². The van der Waals surface area contributed by atoms with E-state index in [0.29, 0.717) is 4.22 Å². The zero-order valence-electron chi connectivity index (χ0n) is 16.4. The summed E-state index contributed by atoms with van der Waals surface area (Å²) in [4.78, 5) is 0. The first-order valence-electron chi connectivity index (χ1n) is 10.0. The second-order valence-electron chi connectivity index (χ2n) is 9.03. The minimum absolute atomic E-state index is 0.526. The third-order valence-corrected chi connectivity index (χ3v) is 17.3. The van der Waals surface area contributed by atoms with Crippen molar-refractivity contribution in [1.82, 2.24) is 0 Å². The molecule has 0 spiro atoms. The molecule has 0 amide bonds. The first-order chi connectivity index (χ1) is 13.0. The first-order valence-corrected chi connectivity index (χ1v) is 15.7. The van der Waals surface area contributed by atoms with Crippen LogP contribution >= 0.6 is 0 Å². The van der Waals surface area contributed by atoms with Crippen LogP contribution in [0.2, 0.25) is 10.5 Å². The second kappa shape index (κ2) is 5.74. The van der Waals surface area contributed by atoms with Gasteiger partial charge in [0.25, 0.3) is 0 Å². The van der Waals surface area contributed by atoms with E-state index in [2.05, 4.69) is 101 Å². The molecule has 3 aromatic carbocycles. The van der Waals surface area contributed by atoms with Gasteiger partial charge in [-0.2, -0.15) is 0 Å². The van der Waals surface area contributed by atoms with E-state index in [1.807, 2.05) is 0 Å². The van der Waals surface area contributed by atoms with Crippen molar-refractivity contribution in [2.45, 2.75) is 28.0 Å². The molecule has 0 heterocycles. The Bertz CT molecular complexity index is 1170. The van der Waals surface area contributed by atoms with Crippen molar-refractivity contribution in [3.63, 3.8) is 0 Å². The molecule has 2 aliphatic carbocycles. The van der Waals surface area contributed by atoms with Crippen LogP contribution in [0.1, 0.15) is 33.4 Å². The third kappa shape index (κ3) is 2.30. The Labute approximate surface area is 163 Å². The third-order valence-electron chi connectivity index (χ3n) is 7.35. The van der Waals surface area contributed by atoms with E-state index in [1.54, 1.807) is 9.43 Å². The Kier molecular flexibility index (Phi) is 3.64. The van der Waals surface area contributed by atoms with E-state index < -0.39 is 14.8 Å². The molecule has 0 radical (unpaired) electrons. The number of allylic oxidation sites excluding steroid dienone is 1. The summed E-state index contributed by atoms with van der Waals surface area (Å²) in [6.07, 6.45) is 5.91. The molecule has 0 bridgehead atoms. The molecular formula is C26H26Ti. The van der Waals surface area contributed by atoms with Gasteiger partial charge in [-0.15, -0.1) is 0 Å². The monoisotopic (exact) mass is 386 g/mol. The molecule has 5 rings (SSSR count). The SMILES string of the molecule is C[CH]=[Ti]([CH3])([CH3])([c]1cccc2c1Cc1ccccc1-2)[CH]1C=Cc2ccccc21. The van der Waals surface area contributed by atoms with E-state index in [-0.39, 0.29) is 0 Å². The molecule has 0 nitrogen and oxygen atoms in total. The Morgan fingerprint density at radius 1 is 0.852 bits per heavy atom. The van der Waals surface area contributed by atoms with Gasteiger partial charge < -0.3 is 0 Å². The molecule has 0 aliphatic heterocycles.